The average molecular weight is 490 g/mol. The normalized spacial score (nSPS) is 20.1. The first kappa shape index (κ1) is 22.1. The molecule has 12 heteroatoms. The monoisotopic (exact) mass is 489 g/mol. The topological polar surface area (TPSA) is 135 Å². The molecule has 0 unspecified atom stereocenters. The maximum Gasteiger partial charge on any atom is 0.243 e. The number of sulfonamides is 2. The molecular formula is C21H23N5O5S2. The third-order valence-electron chi connectivity index (χ3n) is 5.77. The molecule has 1 saturated carbocycles. The Bertz CT molecular complexity index is 1340. The molecule has 1 N–H and O–H groups in total. The standard InChI is InChI=1S/C21H23N5O5S2/c27-32(28,25-17-5-6-17)18-7-9-19(10-8-18)33(29,30)26-12-2-4-16(14-26)21-23-20(24-31-21)15-3-1-11-22-13-15/h1,3,7-11,13,16-17,25H,2,4-6,12,14H2/t16-/m0/s1. The van der Waals surface area contributed by atoms with Crippen LogP contribution < -0.4 is 4.72 Å². The molecule has 2 aromatic heterocycles. The summed E-state index contributed by atoms with van der Waals surface area (Å²) in [5.74, 6) is 0.574. The zero-order valence-corrected chi connectivity index (χ0v) is 19.3. The first-order valence-corrected chi connectivity index (χ1v) is 13.6. The van der Waals surface area contributed by atoms with Crippen molar-refractivity contribution in [1.82, 2.24) is 24.2 Å². The van der Waals surface area contributed by atoms with Crippen LogP contribution in [0.25, 0.3) is 11.4 Å². The van der Waals surface area contributed by atoms with Crippen molar-refractivity contribution in [3.63, 3.8) is 0 Å². The van der Waals surface area contributed by atoms with Crippen LogP contribution in [-0.2, 0) is 20.0 Å². The van der Waals surface area contributed by atoms with Gasteiger partial charge in [0.1, 0.15) is 0 Å². The molecule has 174 valence electrons. The Balaban J connectivity index is 1.32. The van der Waals surface area contributed by atoms with Crippen LogP contribution in [0.2, 0.25) is 0 Å². The van der Waals surface area contributed by atoms with E-state index in [1.165, 1.54) is 28.6 Å². The smallest absolute Gasteiger partial charge is 0.243 e. The molecule has 0 spiro atoms. The van der Waals surface area contributed by atoms with Gasteiger partial charge in [-0.25, -0.2) is 21.6 Å². The van der Waals surface area contributed by atoms with Crippen LogP contribution in [0, 0.1) is 0 Å². The lowest BCUT2D eigenvalue weighted by Crippen LogP contribution is -2.39. The summed E-state index contributed by atoms with van der Waals surface area (Å²) in [4.78, 5) is 8.60. The molecule has 1 aromatic carbocycles. The largest absolute Gasteiger partial charge is 0.339 e. The van der Waals surface area contributed by atoms with Gasteiger partial charge in [0.2, 0.25) is 31.8 Å². The van der Waals surface area contributed by atoms with Crippen molar-refractivity contribution in [2.24, 2.45) is 0 Å². The van der Waals surface area contributed by atoms with E-state index in [4.69, 9.17) is 4.52 Å². The minimum Gasteiger partial charge on any atom is -0.339 e. The van der Waals surface area contributed by atoms with Crippen molar-refractivity contribution >= 4 is 20.0 Å². The molecule has 1 aliphatic heterocycles. The highest BCUT2D eigenvalue weighted by Crippen LogP contribution is 2.31. The Kier molecular flexibility index (Phi) is 5.77. The molecule has 0 amide bonds. The summed E-state index contributed by atoms with van der Waals surface area (Å²) < 4.78 is 60.6. The summed E-state index contributed by atoms with van der Waals surface area (Å²) >= 11 is 0. The molecule has 1 aliphatic carbocycles. The highest BCUT2D eigenvalue weighted by molar-refractivity contribution is 7.89. The third-order valence-corrected chi connectivity index (χ3v) is 9.18. The number of nitrogens with one attached hydrogen (secondary N) is 1. The maximum atomic E-state index is 13.2. The van der Waals surface area contributed by atoms with Gasteiger partial charge in [-0.2, -0.15) is 9.29 Å². The maximum absolute atomic E-state index is 13.2. The fourth-order valence-corrected chi connectivity index (χ4v) is 6.63. The molecule has 5 rings (SSSR count). The lowest BCUT2D eigenvalue weighted by atomic mass is 10.00. The van der Waals surface area contributed by atoms with E-state index >= 15 is 0 Å². The Morgan fingerprint density at radius 2 is 1.76 bits per heavy atom. The van der Waals surface area contributed by atoms with Gasteiger partial charge in [-0.3, -0.25) is 4.98 Å². The number of hydrogen-bond donors (Lipinski definition) is 1. The predicted octanol–water partition coefficient (Wildman–Crippen LogP) is 2.14. The van der Waals surface area contributed by atoms with Gasteiger partial charge in [-0.05, 0) is 62.1 Å². The number of aromatic nitrogens is 3. The molecule has 3 aromatic rings. The average Bonchev–Trinajstić information content (AvgIpc) is 3.49. The van der Waals surface area contributed by atoms with Gasteiger partial charge in [0, 0.05) is 37.1 Å². The summed E-state index contributed by atoms with van der Waals surface area (Å²) in [6.45, 7) is 0.575. The molecule has 1 saturated heterocycles. The second-order valence-electron chi connectivity index (χ2n) is 8.27. The SMILES string of the molecule is O=S(=O)(NC1CC1)c1ccc(S(=O)(=O)N2CCC[C@H](c3nc(-c4cccnc4)no3)C2)cc1. The van der Waals surface area contributed by atoms with Gasteiger partial charge < -0.3 is 4.52 Å². The number of piperidine rings is 1. The van der Waals surface area contributed by atoms with Gasteiger partial charge >= 0.3 is 0 Å². The molecule has 2 fully saturated rings. The fourth-order valence-electron chi connectivity index (χ4n) is 3.80. The zero-order chi connectivity index (χ0) is 23.1. The molecule has 0 radical (unpaired) electrons. The van der Waals surface area contributed by atoms with Crippen LogP contribution >= 0.6 is 0 Å². The fraction of sp³-hybridized carbons (Fsp3) is 0.381. The van der Waals surface area contributed by atoms with E-state index < -0.39 is 20.0 Å². The van der Waals surface area contributed by atoms with E-state index in [2.05, 4.69) is 19.8 Å². The van der Waals surface area contributed by atoms with Crippen molar-refractivity contribution in [3.05, 3.63) is 54.7 Å². The summed E-state index contributed by atoms with van der Waals surface area (Å²) in [5, 5.41) is 4.01. The second-order valence-corrected chi connectivity index (χ2v) is 11.9. The minimum atomic E-state index is -3.80. The summed E-state index contributed by atoms with van der Waals surface area (Å²) in [6, 6.07) is 8.92. The summed E-state index contributed by atoms with van der Waals surface area (Å²) in [5.41, 5.74) is 0.721. The highest BCUT2D eigenvalue weighted by atomic mass is 32.2. The molecule has 1 atom stereocenters. The lowest BCUT2D eigenvalue weighted by molar-refractivity contribution is 0.265. The van der Waals surface area contributed by atoms with Crippen molar-refractivity contribution in [1.29, 1.82) is 0 Å². The van der Waals surface area contributed by atoms with E-state index in [9.17, 15) is 16.8 Å². The second kappa shape index (κ2) is 8.60. The minimum absolute atomic E-state index is 0.0212. The first-order valence-electron chi connectivity index (χ1n) is 10.7. The Labute approximate surface area is 192 Å². The molecular weight excluding hydrogens is 466 g/mol. The summed E-state index contributed by atoms with van der Waals surface area (Å²) in [6.07, 6.45) is 6.31. The van der Waals surface area contributed by atoms with E-state index in [0.717, 1.165) is 24.8 Å². The van der Waals surface area contributed by atoms with Crippen LogP contribution in [-0.4, -0.2) is 55.4 Å². The molecule has 10 nitrogen and oxygen atoms in total. The number of hydrogen-bond acceptors (Lipinski definition) is 8. The number of rotatable bonds is 7. The third kappa shape index (κ3) is 4.69. The van der Waals surface area contributed by atoms with Gasteiger partial charge in [-0.15, -0.1) is 0 Å². The van der Waals surface area contributed by atoms with E-state index in [0.29, 0.717) is 24.7 Å². The predicted molar refractivity (Wildman–Crippen MR) is 118 cm³/mol. The molecule has 2 aliphatic rings. The van der Waals surface area contributed by atoms with Crippen molar-refractivity contribution in [3.8, 4) is 11.4 Å². The van der Waals surface area contributed by atoms with E-state index in [-0.39, 0.29) is 28.3 Å². The van der Waals surface area contributed by atoms with Gasteiger partial charge in [0.15, 0.2) is 0 Å². The van der Waals surface area contributed by atoms with E-state index in [1.54, 1.807) is 18.5 Å². The zero-order valence-electron chi connectivity index (χ0n) is 17.7. The molecule has 33 heavy (non-hydrogen) atoms. The highest BCUT2D eigenvalue weighted by Gasteiger charge is 2.34. The van der Waals surface area contributed by atoms with Crippen LogP contribution in [0.15, 0.2) is 63.1 Å². The van der Waals surface area contributed by atoms with Crippen LogP contribution in [0.3, 0.4) is 0 Å². The van der Waals surface area contributed by atoms with Crippen molar-refractivity contribution in [2.45, 2.75) is 47.4 Å². The van der Waals surface area contributed by atoms with Crippen LogP contribution in [0.4, 0.5) is 0 Å². The van der Waals surface area contributed by atoms with Gasteiger partial charge in [0.05, 0.1) is 15.7 Å². The van der Waals surface area contributed by atoms with E-state index in [1.807, 2.05) is 6.07 Å². The summed E-state index contributed by atoms with van der Waals surface area (Å²) in [7, 11) is -7.44. The van der Waals surface area contributed by atoms with Gasteiger partial charge in [0.25, 0.3) is 0 Å². The van der Waals surface area contributed by atoms with Crippen molar-refractivity contribution < 1.29 is 21.4 Å². The van der Waals surface area contributed by atoms with Crippen LogP contribution in [0.5, 0.6) is 0 Å². The molecule has 0 bridgehead atoms. The lowest BCUT2D eigenvalue weighted by Gasteiger charge is -2.30. The Hall–Kier alpha value is -2.67. The first-order chi connectivity index (χ1) is 15.8. The quantitative estimate of drug-likeness (QED) is 0.533. The number of pyridine rings is 1. The number of nitrogens with zero attached hydrogens (tertiary/aromatic N) is 4. The Morgan fingerprint density at radius 1 is 1.00 bits per heavy atom. The van der Waals surface area contributed by atoms with Crippen LogP contribution in [0.1, 0.15) is 37.5 Å². The number of benzene rings is 1. The molecule has 3 heterocycles. The van der Waals surface area contributed by atoms with Crippen molar-refractivity contribution in [2.75, 3.05) is 13.1 Å². The Morgan fingerprint density at radius 3 is 2.45 bits per heavy atom. The van der Waals surface area contributed by atoms with Gasteiger partial charge in [-0.1, -0.05) is 5.16 Å².